The van der Waals surface area contributed by atoms with Crippen molar-refractivity contribution in [3.8, 4) is 0 Å². The van der Waals surface area contributed by atoms with Crippen molar-refractivity contribution in [2.45, 2.75) is 38.0 Å². The fourth-order valence-corrected chi connectivity index (χ4v) is 2.95. The van der Waals surface area contributed by atoms with Crippen molar-refractivity contribution in [3.05, 3.63) is 21.7 Å². The number of hydrogen-bond acceptors (Lipinski definition) is 7. The number of β-amino-alcohol motifs (C(OH)–C–C–N with tert-alkyl or cyclic N) is 1. The zero-order chi connectivity index (χ0) is 16.4. The minimum atomic E-state index is -0.313. The van der Waals surface area contributed by atoms with Crippen LogP contribution >= 0.6 is 0 Å². The molecule has 4 N–H and O–H groups in total. The molecule has 1 unspecified atom stereocenters. The Kier molecular flexibility index (Phi) is 4.74. The van der Waals surface area contributed by atoms with Gasteiger partial charge in [-0.3, -0.25) is 9.69 Å². The van der Waals surface area contributed by atoms with Gasteiger partial charge in [-0.05, 0) is 19.8 Å². The van der Waals surface area contributed by atoms with Gasteiger partial charge in [-0.15, -0.1) is 0 Å². The molecule has 0 aliphatic carbocycles. The minimum Gasteiger partial charge on any atom is -0.390 e. The van der Waals surface area contributed by atoms with Crippen LogP contribution in [0.15, 0.2) is 4.79 Å². The highest BCUT2D eigenvalue weighted by Gasteiger charge is 2.31. The first-order chi connectivity index (χ1) is 11.1. The highest BCUT2D eigenvalue weighted by Crippen LogP contribution is 2.24. The number of rotatable bonds is 5. The Bertz CT molecular complexity index is 620. The van der Waals surface area contributed by atoms with Crippen LogP contribution in [0.1, 0.15) is 37.2 Å². The highest BCUT2D eigenvalue weighted by atomic mass is 16.5. The average molecular weight is 321 g/mol. The minimum absolute atomic E-state index is 0.0823. The maximum atomic E-state index is 12.3. The summed E-state index contributed by atoms with van der Waals surface area (Å²) in [6.45, 7) is 4.50. The summed E-state index contributed by atoms with van der Waals surface area (Å²) in [5.74, 6) is 1.01. The number of hydrogen-bond donors (Lipinski definition) is 4. The second kappa shape index (κ2) is 6.77. The average Bonchev–Trinajstić information content (AvgIpc) is 2.52. The van der Waals surface area contributed by atoms with Gasteiger partial charge in [-0.1, -0.05) is 0 Å². The Morgan fingerprint density at radius 2 is 2.17 bits per heavy atom. The lowest BCUT2D eigenvalue weighted by molar-refractivity contribution is -0.0230. The van der Waals surface area contributed by atoms with Crippen molar-refractivity contribution >= 4 is 12.0 Å². The molecule has 0 radical (unpaired) electrons. The number of ether oxygens (including phenoxy) is 1. The third-order valence-corrected chi connectivity index (χ3v) is 4.51. The number of anilines is 1. The SMILES string of the molecule is CC(c1nc(NC2CCOCC2)c(C=N)c(=O)[nH]1)N1CC(O)C1. The molecule has 3 heterocycles. The molecule has 1 aromatic rings. The lowest BCUT2D eigenvalue weighted by atomic mass is 10.1. The molecule has 126 valence electrons. The molecule has 23 heavy (non-hydrogen) atoms. The second-order valence-corrected chi connectivity index (χ2v) is 6.17. The summed E-state index contributed by atoms with van der Waals surface area (Å²) in [7, 11) is 0. The molecule has 0 amide bonds. The Balaban J connectivity index is 1.84. The highest BCUT2D eigenvalue weighted by molar-refractivity contribution is 5.83. The number of nitrogens with zero attached hydrogens (tertiary/aromatic N) is 2. The topological polar surface area (TPSA) is 114 Å². The van der Waals surface area contributed by atoms with Gasteiger partial charge in [0.15, 0.2) is 0 Å². The van der Waals surface area contributed by atoms with E-state index in [0.29, 0.717) is 37.9 Å². The molecule has 2 saturated heterocycles. The lowest BCUT2D eigenvalue weighted by Crippen LogP contribution is -2.52. The van der Waals surface area contributed by atoms with E-state index in [1.165, 1.54) is 0 Å². The standard InChI is InChI=1S/C15H23N5O3/c1-9(20-7-11(21)8-20)13-18-14(12(6-16)15(22)19-13)17-10-2-4-23-5-3-10/h6,9-11,16,21H,2-5,7-8H2,1H3,(H2,17,18,19,22). The lowest BCUT2D eigenvalue weighted by Gasteiger charge is -2.39. The number of H-pyrrole nitrogens is 1. The van der Waals surface area contributed by atoms with Crippen molar-refractivity contribution in [2.75, 3.05) is 31.6 Å². The third kappa shape index (κ3) is 3.44. The van der Waals surface area contributed by atoms with E-state index in [1.807, 2.05) is 11.8 Å². The van der Waals surface area contributed by atoms with Gasteiger partial charge < -0.3 is 25.6 Å². The van der Waals surface area contributed by atoms with Crippen LogP contribution in [-0.4, -0.2) is 64.6 Å². The van der Waals surface area contributed by atoms with Gasteiger partial charge in [0.05, 0.1) is 17.7 Å². The zero-order valence-electron chi connectivity index (χ0n) is 13.2. The van der Waals surface area contributed by atoms with Gasteiger partial charge in [0.1, 0.15) is 11.6 Å². The maximum Gasteiger partial charge on any atom is 0.261 e. The van der Waals surface area contributed by atoms with Crippen molar-refractivity contribution in [1.29, 1.82) is 5.41 Å². The first-order valence-corrected chi connectivity index (χ1v) is 7.99. The quantitative estimate of drug-likeness (QED) is 0.572. The largest absolute Gasteiger partial charge is 0.390 e. The number of likely N-dealkylation sites (tertiary alicyclic amines) is 1. The maximum absolute atomic E-state index is 12.3. The van der Waals surface area contributed by atoms with Crippen LogP contribution < -0.4 is 10.9 Å². The predicted molar refractivity (Wildman–Crippen MR) is 86.2 cm³/mol. The number of aliphatic hydroxyl groups excluding tert-OH is 1. The van der Waals surface area contributed by atoms with E-state index in [4.69, 9.17) is 10.1 Å². The summed E-state index contributed by atoms with van der Waals surface area (Å²) < 4.78 is 5.34. The van der Waals surface area contributed by atoms with Gasteiger partial charge >= 0.3 is 0 Å². The Labute approximate surface area is 134 Å². The molecule has 0 saturated carbocycles. The van der Waals surface area contributed by atoms with E-state index in [2.05, 4.69) is 15.3 Å². The molecular formula is C15H23N5O3. The summed E-state index contributed by atoms with van der Waals surface area (Å²) in [6.07, 6.45) is 2.45. The van der Waals surface area contributed by atoms with Crippen LogP contribution in [0.3, 0.4) is 0 Å². The van der Waals surface area contributed by atoms with Crippen LogP contribution in [0, 0.1) is 5.41 Å². The fraction of sp³-hybridized carbons (Fsp3) is 0.667. The number of nitrogens with one attached hydrogen (secondary N) is 3. The fourth-order valence-electron chi connectivity index (χ4n) is 2.95. The van der Waals surface area contributed by atoms with Gasteiger partial charge in [0, 0.05) is 38.6 Å². The van der Waals surface area contributed by atoms with Crippen LogP contribution in [0.4, 0.5) is 5.82 Å². The summed E-state index contributed by atoms with van der Waals surface area (Å²) in [5, 5.41) is 20.2. The van der Waals surface area contributed by atoms with Gasteiger partial charge in [-0.25, -0.2) is 4.98 Å². The van der Waals surface area contributed by atoms with Crippen molar-refractivity contribution in [1.82, 2.24) is 14.9 Å². The molecule has 8 heteroatoms. The van der Waals surface area contributed by atoms with Gasteiger partial charge in [0.25, 0.3) is 5.56 Å². The second-order valence-electron chi connectivity index (χ2n) is 6.17. The molecule has 1 atom stereocenters. The van der Waals surface area contributed by atoms with E-state index in [-0.39, 0.29) is 29.3 Å². The van der Waals surface area contributed by atoms with Gasteiger partial charge in [-0.2, -0.15) is 0 Å². The Morgan fingerprint density at radius 1 is 1.48 bits per heavy atom. The predicted octanol–water partition coefficient (Wildman–Crippen LogP) is 0.0960. The zero-order valence-corrected chi connectivity index (χ0v) is 13.2. The monoisotopic (exact) mass is 321 g/mol. The molecule has 0 aromatic carbocycles. The summed E-state index contributed by atoms with van der Waals surface area (Å²) in [4.78, 5) is 21.6. The van der Waals surface area contributed by atoms with Crippen LogP contribution in [0.2, 0.25) is 0 Å². The smallest absolute Gasteiger partial charge is 0.261 e. The molecule has 3 rings (SSSR count). The molecule has 1 aromatic heterocycles. The van der Waals surface area contributed by atoms with Crippen LogP contribution in [0.25, 0.3) is 0 Å². The summed E-state index contributed by atoms with van der Waals surface area (Å²) in [6, 6.07) is 0.117. The van der Waals surface area contributed by atoms with Crippen molar-refractivity contribution in [3.63, 3.8) is 0 Å². The van der Waals surface area contributed by atoms with E-state index in [1.54, 1.807) is 0 Å². The van der Waals surface area contributed by atoms with Crippen LogP contribution in [-0.2, 0) is 4.74 Å². The molecule has 2 aliphatic rings. The number of aromatic nitrogens is 2. The first kappa shape index (κ1) is 16.1. The molecule has 8 nitrogen and oxygen atoms in total. The van der Waals surface area contributed by atoms with E-state index in [9.17, 15) is 9.90 Å². The van der Waals surface area contributed by atoms with Crippen molar-refractivity contribution < 1.29 is 9.84 Å². The van der Waals surface area contributed by atoms with E-state index < -0.39 is 0 Å². The van der Waals surface area contributed by atoms with Crippen molar-refractivity contribution in [2.24, 2.45) is 0 Å². The van der Waals surface area contributed by atoms with Gasteiger partial charge in [0.2, 0.25) is 0 Å². The molecule has 0 spiro atoms. The normalized spacial score (nSPS) is 21.7. The van der Waals surface area contributed by atoms with E-state index in [0.717, 1.165) is 19.1 Å². The Morgan fingerprint density at radius 3 is 2.78 bits per heavy atom. The molecule has 0 bridgehead atoms. The third-order valence-electron chi connectivity index (χ3n) is 4.51. The first-order valence-electron chi connectivity index (χ1n) is 7.99. The summed E-state index contributed by atoms with van der Waals surface area (Å²) >= 11 is 0. The number of aromatic amines is 1. The molecule has 2 fully saturated rings. The molecular weight excluding hydrogens is 298 g/mol. The van der Waals surface area contributed by atoms with E-state index >= 15 is 0 Å². The Hall–Kier alpha value is -1.77. The summed E-state index contributed by atoms with van der Waals surface area (Å²) in [5.41, 5.74) is -0.0661. The molecule has 2 aliphatic heterocycles. The van der Waals surface area contributed by atoms with Crippen LogP contribution in [0.5, 0.6) is 0 Å². The number of aliphatic hydroxyl groups is 1.